The molecule has 0 radical (unpaired) electrons. The quantitative estimate of drug-likeness (QED) is 0.927. The summed E-state index contributed by atoms with van der Waals surface area (Å²) in [5, 5.41) is 7.75. The summed E-state index contributed by atoms with van der Waals surface area (Å²) in [6.45, 7) is 0.855. The predicted molar refractivity (Wildman–Crippen MR) is 70.4 cm³/mol. The molecule has 0 fully saturated rings. The Hall–Kier alpha value is -0.840. The smallest absolute Gasteiger partial charge is 0.0934 e. The first-order valence-electron chi connectivity index (χ1n) is 5.72. The lowest BCUT2D eigenvalue weighted by Gasteiger charge is -2.12. The molecule has 0 amide bonds. The minimum absolute atomic E-state index is 0.448. The number of thiophene rings is 1. The van der Waals surface area contributed by atoms with E-state index in [4.69, 9.17) is 11.6 Å². The van der Waals surface area contributed by atoms with Crippen LogP contribution >= 0.6 is 22.9 Å². The number of nitrogens with zero attached hydrogens (tertiary/aromatic N) is 2. The van der Waals surface area contributed by atoms with Crippen LogP contribution in [0.25, 0.3) is 0 Å². The van der Waals surface area contributed by atoms with E-state index in [0.29, 0.717) is 6.04 Å². The molecule has 1 atom stereocenters. The van der Waals surface area contributed by atoms with Crippen molar-refractivity contribution in [1.29, 1.82) is 0 Å². The molecule has 0 bridgehead atoms. The highest BCUT2D eigenvalue weighted by atomic mass is 35.5. The predicted octanol–water partition coefficient (Wildman–Crippen LogP) is 2.91. The molecule has 1 N–H and O–H groups in total. The maximum atomic E-state index is 6.05. The molecular weight excluding hydrogens is 254 g/mol. The fourth-order valence-electron chi connectivity index (χ4n) is 2.34. The van der Waals surface area contributed by atoms with Crippen molar-refractivity contribution in [3.8, 4) is 0 Å². The number of aryl methyl sites for hydroxylation is 2. The summed E-state index contributed by atoms with van der Waals surface area (Å²) >= 11 is 7.76. The first kappa shape index (κ1) is 11.3. The Balaban J connectivity index is 1.69. The van der Waals surface area contributed by atoms with E-state index in [-0.39, 0.29) is 0 Å². The third-order valence-electron chi connectivity index (χ3n) is 3.30. The molecule has 90 valence electrons. The van der Waals surface area contributed by atoms with Gasteiger partial charge >= 0.3 is 0 Å². The highest BCUT2D eigenvalue weighted by Crippen LogP contribution is 2.39. The largest absolute Gasteiger partial charge is 0.304 e. The first-order chi connectivity index (χ1) is 8.24. The molecule has 3 rings (SSSR count). The van der Waals surface area contributed by atoms with E-state index in [1.165, 1.54) is 22.6 Å². The molecule has 0 saturated carbocycles. The van der Waals surface area contributed by atoms with Crippen LogP contribution in [0.15, 0.2) is 18.3 Å². The Morgan fingerprint density at radius 1 is 1.65 bits per heavy atom. The third-order valence-corrected chi connectivity index (χ3v) is 4.64. The summed E-state index contributed by atoms with van der Waals surface area (Å²) in [4.78, 5) is 1.44. The Bertz CT molecular complexity index is 532. The molecule has 1 unspecified atom stereocenters. The molecule has 0 aromatic carbocycles. The maximum Gasteiger partial charge on any atom is 0.0934 e. The van der Waals surface area contributed by atoms with Crippen LogP contribution in [0.1, 0.15) is 28.6 Å². The van der Waals surface area contributed by atoms with Crippen molar-refractivity contribution < 1.29 is 0 Å². The number of halogens is 1. The standard InChI is InChI=1S/C12H14ClN3S/c1-16-8(4-5-15-16)7-14-10-2-3-11-9(10)6-12(13)17-11/h4-6,10,14H,2-3,7H2,1H3. The van der Waals surface area contributed by atoms with E-state index < -0.39 is 0 Å². The molecule has 2 aromatic heterocycles. The number of nitrogens with one attached hydrogen (secondary N) is 1. The Morgan fingerprint density at radius 3 is 3.29 bits per heavy atom. The van der Waals surface area contributed by atoms with Crippen molar-refractivity contribution in [1.82, 2.24) is 15.1 Å². The topological polar surface area (TPSA) is 29.9 Å². The second-order valence-electron chi connectivity index (χ2n) is 4.35. The molecule has 5 heteroatoms. The van der Waals surface area contributed by atoms with Crippen LogP contribution in [-0.4, -0.2) is 9.78 Å². The number of rotatable bonds is 3. The van der Waals surface area contributed by atoms with Crippen LogP contribution in [-0.2, 0) is 20.0 Å². The summed E-state index contributed by atoms with van der Waals surface area (Å²) in [6, 6.07) is 4.60. The van der Waals surface area contributed by atoms with Gasteiger partial charge in [-0.25, -0.2) is 0 Å². The van der Waals surface area contributed by atoms with Gasteiger partial charge in [-0.3, -0.25) is 4.68 Å². The SMILES string of the molecule is Cn1nccc1CNC1CCc2sc(Cl)cc21. The Kier molecular flexibility index (Phi) is 2.94. The average Bonchev–Trinajstić information content (AvgIpc) is 2.93. The third kappa shape index (κ3) is 2.12. The van der Waals surface area contributed by atoms with Crippen molar-refractivity contribution >= 4 is 22.9 Å². The van der Waals surface area contributed by atoms with Crippen molar-refractivity contribution in [2.75, 3.05) is 0 Å². The minimum Gasteiger partial charge on any atom is -0.304 e. The minimum atomic E-state index is 0.448. The van der Waals surface area contributed by atoms with E-state index in [9.17, 15) is 0 Å². The van der Waals surface area contributed by atoms with E-state index in [1.807, 2.05) is 24.0 Å². The van der Waals surface area contributed by atoms with Crippen LogP contribution in [0.2, 0.25) is 4.34 Å². The summed E-state index contributed by atoms with van der Waals surface area (Å²) in [7, 11) is 1.97. The molecule has 0 aliphatic heterocycles. The van der Waals surface area contributed by atoms with Gasteiger partial charge in [0.2, 0.25) is 0 Å². The second kappa shape index (κ2) is 4.44. The van der Waals surface area contributed by atoms with Gasteiger partial charge in [0.15, 0.2) is 0 Å². The summed E-state index contributed by atoms with van der Waals surface area (Å²) < 4.78 is 2.81. The van der Waals surface area contributed by atoms with Crippen LogP contribution in [0.3, 0.4) is 0 Å². The van der Waals surface area contributed by atoms with Gasteiger partial charge in [-0.1, -0.05) is 11.6 Å². The highest BCUT2D eigenvalue weighted by Gasteiger charge is 2.24. The lowest BCUT2D eigenvalue weighted by Crippen LogP contribution is -2.20. The maximum absolute atomic E-state index is 6.05. The summed E-state index contributed by atoms with van der Waals surface area (Å²) in [6.07, 6.45) is 4.16. The zero-order valence-electron chi connectivity index (χ0n) is 9.61. The second-order valence-corrected chi connectivity index (χ2v) is 6.12. The van der Waals surface area contributed by atoms with E-state index in [2.05, 4.69) is 16.5 Å². The van der Waals surface area contributed by atoms with Gasteiger partial charge < -0.3 is 5.32 Å². The van der Waals surface area contributed by atoms with Crippen LogP contribution in [0.5, 0.6) is 0 Å². The molecule has 1 aliphatic rings. The van der Waals surface area contributed by atoms with Crippen LogP contribution in [0, 0.1) is 0 Å². The molecule has 0 saturated heterocycles. The van der Waals surface area contributed by atoms with Crippen LogP contribution < -0.4 is 5.32 Å². The van der Waals surface area contributed by atoms with Crippen molar-refractivity contribution in [2.45, 2.75) is 25.4 Å². The monoisotopic (exact) mass is 267 g/mol. The molecular formula is C12H14ClN3S. The fourth-order valence-corrected chi connectivity index (χ4v) is 3.70. The molecule has 2 aromatic rings. The Labute approximate surface area is 109 Å². The van der Waals surface area contributed by atoms with E-state index in [0.717, 1.165) is 17.3 Å². The molecule has 17 heavy (non-hydrogen) atoms. The van der Waals surface area contributed by atoms with Gasteiger partial charge in [0.05, 0.1) is 10.0 Å². The average molecular weight is 268 g/mol. The van der Waals surface area contributed by atoms with Gasteiger partial charge in [0, 0.05) is 30.7 Å². The van der Waals surface area contributed by atoms with Gasteiger partial charge in [-0.2, -0.15) is 5.10 Å². The summed E-state index contributed by atoms with van der Waals surface area (Å²) in [5.74, 6) is 0. The lowest BCUT2D eigenvalue weighted by atomic mass is 10.2. The van der Waals surface area contributed by atoms with Gasteiger partial charge in [-0.15, -0.1) is 11.3 Å². The van der Waals surface area contributed by atoms with Gasteiger partial charge in [0.1, 0.15) is 0 Å². The van der Waals surface area contributed by atoms with Crippen molar-refractivity contribution in [2.24, 2.45) is 7.05 Å². The normalized spacial score (nSPS) is 18.6. The number of hydrogen-bond donors (Lipinski definition) is 1. The molecule has 2 heterocycles. The lowest BCUT2D eigenvalue weighted by molar-refractivity contribution is 0.512. The number of hydrogen-bond acceptors (Lipinski definition) is 3. The first-order valence-corrected chi connectivity index (χ1v) is 6.92. The van der Waals surface area contributed by atoms with Crippen LogP contribution in [0.4, 0.5) is 0 Å². The highest BCUT2D eigenvalue weighted by molar-refractivity contribution is 7.16. The molecule has 1 aliphatic carbocycles. The number of aromatic nitrogens is 2. The zero-order valence-corrected chi connectivity index (χ0v) is 11.2. The van der Waals surface area contributed by atoms with Gasteiger partial charge in [0.25, 0.3) is 0 Å². The molecule has 0 spiro atoms. The number of fused-ring (bicyclic) bond motifs is 1. The summed E-state index contributed by atoms with van der Waals surface area (Å²) in [5.41, 5.74) is 2.60. The van der Waals surface area contributed by atoms with Crippen molar-refractivity contribution in [3.63, 3.8) is 0 Å². The fraction of sp³-hybridized carbons (Fsp3) is 0.417. The zero-order chi connectivity index (χ0) is 11.8. The van der Waals surface area contributed by atoms with E-state index in [1.54, 1.807) is 11.3 Å². The Morgan fingerprint density at radius 2 is 2.53 bits per heavy atom. The van der Waals surface area contributed by atoms with Crippen molar-refractivity contribution in [3.05, 3.63) is 38.8 Å². The molecule has 3 nitrogen and oxygen atoms in total. The van der Waals surface area contributed by atoms with Gasteiger partial charge in [-0.05, 0) is 30.5 Å². The van der Waals surface area contributed by atoms with E-state index >= 15 is 0 Å².